The number of phosphoric acid groups is 3. The summed E-state index contributed by atoms with van der Waals surface area (Å²) >= 11 is 0. The molecule has 3 rings (SSSR count). The molecule has 31 heavy (non-hydrogen) atoms. The lowest BCUT2D eigenvalue weighted by atomic mass is 10.2. The van der Waals surface area contributed by atoms with Gasteiger partial charge in [-0.1, -0.05) is 0 Å². The van der Waals surface area contributed by atoms with E-state index in [2.05, 4.69) is 28.1 Å². The average Bonchev–Trinajstić information content (AvgIpc) is 3.13. The van der Waals surface area contributed by atoms with Crippen LogP contribution in [0.4, 0.5) is 0 Å². The van der Waals surface area contributed by atoms with Crippen molar-refractivity contribution in [1.82, 2.24) is 19.5 Å². The Morgan fingerprint density at radius 3 is 2.48 bits per heavy atom. The summed E-state index contributed by atoms with van der Waals surface area (Å²) in [6.07, 6.45) is -4.45. The molecule has 0 spiro atoms. The highest BCUT2D eigenvalue weighted by Crippen LogP contribution is 2.66. The van der Waals surface area contributed by atoms with Crippen LogP contribution >= 0.6 is 23.5 Å². The zero-order valence-electron chi connectivity index (χ0n) is 14.8. The minimum atomic E-state index is -5.79. The third-order valence-corrected chi connectivity index (χ3v) is 7.55. The van der Waals surface area contributed by atoms with Crippen LogP contribution in [0, 0.1) is 0 Å². The summed E-state index contributed by atoms with van der Waals surface area (Å²) in [7, 11) is -17.0. The molecule has 3 heterocycles. The Labute approximate surface area is 170 Å². The molecule has 2 aromatic rings. The van der Waals surface area contributed by atoms with Gasteiger partial charge in [-0.05, 0) is 0 Å². The van der Waals surface area contributed by atoms with Crippen molar-refractivity contribution in [3.8, 4) is 0 Å². The largest absolute Gasteiger partial charge is 0.490 e. The van der Waals surface area contributed by atoms with Crippen molar-refractivity contribution in [2.45, 2.75) is 31.1 Å². The SMILES string of the molecule is O=c1ncc2ncn([C@H]3C[C@H](O)[C@@H](C(O)OP(=O)(O)OP(=O)(O)OP(=O)(O)O)O3)c2[nH]1. The third kappa shape index (κ3) is 6.12. The zero-order valence-corrected chi connectivity index (χ0v) is 17.5. The first-order chi connectivity index (χ1) is 14.2. The number of aliphatic hydroxyl groups is 2. The fourth-order valence-electron chi connectivity index (χ4n) is 2.67. The van der Waals surface area contributed by atoms with Crippen molar-refractivity contribution in [3.63, 3.8) is 0 Å². The van der Waals surface area contributed by atoms with E-state index >= 15 is 0 Å². The summed E-state index contributed by atoms with van der Waals surface area (Å²) in [5.74, 6) is 0. The predicted octanol–water partition coefficient (Wildman–Crippen LogP) is -1.57. The van der Waals surface area contributed by atoms with E-state index in [1.165, 1.54) is 17.1 Å². The first kappa shape index (κ1) is 24.3. The van der Waals surface area contributed by atoms with Gasteiger partial charge in [-0.15, -0.1) is 0 Å². The quantitative estimate of drug-likeness (QED) is 0.157. The maximum absolute atomic E-state index is 11.8. The molecule has 2 aromatic heterocycles. The molecular weight excluding hydrogens is 493 g/mol. The fourth-order valence-corrected chi connectivity index (χ4v) is 5.72. The lowest BCUT2D eigenvalue weighted by Gasteiger charge is -2.23. The number of imidazole rings is 1. The van der Waals surface area contributed by atoms with Gasteiger partial charge in [0, 0.05) is 6.42 Å². The van der Waals surface area contributed by atoms with E-state index in [0.29, 0.717) is 0 Å². The molecule has 18 nitrogen and oxygen atoms in total. The molecule has 1 aliphatic heterocycles. The summed E-state index contributed by atoms with van der Waals surface area (Å²) in [4.78, 5) is 56.8. The summed E-state index contributed by atoms with van der Waals surface area (Å²) < 4.78 is 51.6. The Hall–Kier alpha value is -1.36. The third-order valence-electron chi connectivity index (χ3n) is 3.74. The molecular formula is C10H15N4O14P3. The number of nitrogens with one attached hydrogen (secondary N) is 1. The molecule has 0 radical (unpaired) electrons. The van der Waals surface area contributed by atoms with Crippen molar-refractivity contribution < 1.29 is 61.4 Å². The highest BCUT2D eigenvalue weighted by atomic mass is 31.3. The Bertz CT molecular complexity index is 1160. The maximum atomic E-state index is 11.8. The van der Waals surface area contributed by atoms with Crippen LogP contribution in [-0.4, -0.2) is 67.8 Å². The minimum Gasteiger partial charge on any atom is -0.390 e. The molecule has 1 saturated heterocycles. The fraction of sp³-hybridized carbons (Fsp3) is 0.500. The van der Waals surface area contributed by atoms with Crippen LogP contribution in [0.2, 0.25) is 0 Å². The van der Waals surface area contributed by atoms with Crippen LogP contribution in [0.3, 0.4) is 0 Å². The molecule has 0 saturated carbocycles. The van der Waals surface area contributed by atoms with Crippen LogP contribution < -0.4 is 5.69 Å². The van der Waals surface area contributed by atoms with Gasteiger partial charge in [-0.2, -0.15) is 13.6 Å². The number of H-pyrrole nitrogens is 1. The second-order valence-electron chi connectivity index (χ2n) is 6.02. The number of fused-ring (bicyclic) bond motifs is 1. The number of aliphatic hydroxyl groups excluding tert-OH is 2. The summed E-state index contributed by atoms with van der Waals surface area (Å²) in [6, 6.07) is 0. The van der Waals surface area contributed by atoms with Gasteiger partial charge in [-0.3, -0.25) is 14.1 Å². The van der Waals surface area contributed by atoms with E-state index < -0.39 is 53.9 Å². The molecule has 21 heteroatoms. The van der Waals surface area contributed by atoms with Gasteiger partial charge in [0.1, 0.15) is 23.5 Å². The summed E-state index contributed by atoms with van der Waals surface area (Å²) in [6.45, 7) is 0. The molecule has 0 aliphatic carbocycles. The van der Waals surface area contributed by atoms with Gasteiger partial charge in [0.05, 0.1) is 18.6 Å². The Morgan fingerprint density at radius 1 is 1.16 bits per heavy atom. The standard InChI is InChI=1S/C10H15N4O14P3/c15-5-1-6(14-3-12-4-2-11-10(17)13-8(4)14)25-7(5)9(16)26-30(21,22)28-31(23,24)27-29(18,19)20/h2-3,5-7,9,15-16H,1H2,(H,21,22)(H,23,24)(H,11,13,17)(H2,18,19,20)/t5-,6+,7-,9?/m0/s1. The molecule has 1 fully saturated rings. The van der Waals surface area contributed by atoms with Crippen molar-refractivity contribution in [1.29, 1.82) is 0 Å². The van der Waals surface area contributed by atoms with Crippen molar-refractivity contribution >= 4 is 34.6 Å². The molecule has 174 valence electrons. The molecule has 0 amide bonds. The van der Waals surface area contributed by atoms with Crippen molar-refractivity contribution in [3.05, 3.63) is 23.0 Å². The first-order valence-electron chi connectivity index (χ1n) is 7.91. The van der Waals surface area contributed by atoms with Gasteiger partial charge in [0.2, 0.25) is 0 Å². The van der Waals surface area contributed by atoms with Gasteiger partial charge in [-0.25, -0.2) is 23.5 Å². The number of phosphoric ester groups is 1. The lowest BCUT2D eigenvalue weighted by molar-refractivity contribution is -0.160. The second-order valence-corrected chi connectivity index (χ2v) is 10.4. The Balaban J connectivity index is 1.70. The Kier molecular flexibility index (Phi) is 6.68. The van der Waals surface area contributed by atoms with E-state index in [4.69, 9.17) is 19.4 Å². The summed E-state index contributed by atoms with van der Waals surface area (Å²) in [5.41, 5.74) is -0.257. The van der Waals surface area contributed by atoms with Crippen molar-refractivity contribution in [2.24, 2.45) is 0 Å². The highest BCUT2D eigenvalue weighted by Gasteiger charge is 2.46. The van der Waals surface area contributed by atoms with Gasteiger partial charge >= 0.3 is 29.2 Å². The van der Waals surface area contributed by atoms with E-state index in [9.17, 15) is 33.6 Å². The number of aromatic nitrogens is 4. The number of hydrogen-bond acceptors (Lipinski definition) is 12. The second kappa shape index (κ2) is 8.53. The molecule has 7 N–H and O–H groups in total. The number of aromatic amines is 1. The van der Waals surface area contributed by atoms with Crippen LogP contribution in [0.5, 0.6) is 0 Å². The van der Waals surface area contributed by atoms with Crippen LogP contribution in [0.15, 0.2) is 17.3 Å². The monoisotopic (exact) mass is 508 g/mol. The smallest absolute Gasteiger partial charge is 0.390 e. The van der Waals surface area contributed by atoms with Crippen LogP contribution in [0.25, 0.3) is 11.2 Å². The zero-order chi connectivity index (χ0) is 23.2. The highest BCUT2D eigenvalue weighted by molar-refractivity contribution is 7.66. The van der Waals surface area contributed by atoms with Gasteiger partial charge in [0.15, 0.2) is 6.29 Å². The van der Waals surface area contributed by atoms with Gasteiger partial charge < -0.3 is 34.5 Å². The lowest BCUT2D eigenvalue weighted by Crippen LogP contribution is -2.35. The number of hydrogen-bond donors (Lipinski definition) is 7. The predicted molar refractivity (Wildman–Crippen MR) is 93.6 cm³/mol. The number of rotatable bonds is 8. The van der Waals surface area contributed by atoms with E-state index in [1.54, 1.807) is 0 Å². The normalized spacial score (nSPS) is 27.1. The van der Waals surface area contributed by atoms with E-state index in [1.807, 2.05) is 0 Å². The molecule has 0 bridgehead atoms. The topological polar surface area (TPSA) is 273 Å². The van der Waals surface area contributed by atoms with Crippen LogP contribution in [-0.2, 0) is 31.6 Å². The number of nitrogens with zero attached hydrogens (tertiary/aromatic N) is 3. The first-order valence-corrected chi connectivity index (χ1v) is 12.4. The molecule has 6 atom stereocenters. The molecule has 3 unspecified atom stereocenters. The average molecular weight is 508 g/mol. The van der Waals surface area contributed by atoms with Crippen LogP contribution in [0.1, 0.15) is 12.6 Å². The van der Waals surface area contributed by atoms with Gasteiger partial charge in [0.25, 0.3) is 0 Å². The minimum absolute atomic E-state index is 0.167. The summed E-state index contributed by atoms with van der Waals surface area (Å²) in [5, 5.41) is 20.1. The van der Waals surface area contributed by atoms with E-state index in [-0.39, 0.29) is 17.6 Å². The van der Waals surface area contributed by atoms with Crippen molar-refractivity contribution in [2.75, 3.05) is 0 Å². The Morgan fingerprint density at radius 2 is 1.84 bits per heavy atom. The van der Waals surface area contributed by atoms with E-state index in [0.717, 1.165) is 0 Å². The molecule has 0 aromatic carbocycles. The maximum Gasteiger partial charge on any atom is 0.490 e. The molecule has 1 aliphatic rings. The number of ether oxygens (including phenoxy) is 1.